The van der Waals surface area contributed by atoms with Crippen molar-refractivity contribution in [2.75, 3.05) is 26.7 Å². The highest BCUT2D eigenvalue weighted by molar-refractivity contribution is 4.96. The molecule has 1 fully saturated rings. The number of nitrogens with zero attached hydrogens (tertiary/aromatic N) is 1. The molecule has 0 bridgehead atoms. The van der Waals surface area contributed by atoms with E-state index in [0.29, 0.717) is 13.1 Å². The summed E-state index contributed by atoms with van der Waals surface area (Å²) in [4.78, 5) is 1.31. The molecule has 5 heteroatoms. The van der Waals surface area contributed by atoms with Crippen LogP contribution in [0.1, 0.15) is 12.8 Å². The first-order valence-corrected chi connectivity index (χ1v) is 4.32. The van der Waals surface area contributed by atoms with E-state index in [0.717, 1.165) is 12.8 Å². The van der Waals surface area contributed by atoms with E-state index in [2.05, 4.69) is 0 Å². The van der Waals surface area contributed by atoms with Crippen LogP contribution in [0.4, 0.5) is 13.2 Å². The van der Waals surface area contributed by atoms with Crippen molar-refractivity contribution in [1.82, 2.24) is 4.90 Å². The molecule has 2 N–H and O–H groups in total. The highest BCUT2D eigenvalue weighted by atomic mass is 19.4. The maximum atomic E-state index is 11.9. The topological polar surface area (TPSA) is 29.3 Å². The predicted molar refractivity (Wildman–Crippen MR) is 44.3 cm³/mol. The van der Waals surface area contributed by atoms with Crippen molar-refractivity contribution in [2.24, 2.45) is 11.1 Å². The van der Waals surface area contributed by atoms with Crippen LogP contribution in [0.3, 0.4) is 0 Å². The first-order chi connectivity index (χ1) is 5.87. The largest absolute Gasteiger partial charge is 0.401 e. The SMILES string of the molecule is CN(CC(F)(F)F)CC1(CN)CC1. The Morgan fingerprint density at radius 3 is 2.23 bits per heavy atom. The van der Waals surface area contributed by atoms with Gasteiger partial charge in [0.1, 0.15) is 0 Å². The Balaban J connectivity index is 2.29. The molecule has 0 aliphatic heterocycles. The van der Waals surface area contributed by atoms with Crippen LogP contribution >= 0.6 is 0 Å². The lowest BCUT2D eigenvalue weighted by atomic mass is 10.1. The van der Waals surface area contributed by atoms with Crippen LogP contribution in [-0.4, -0.2) is 37.8 Å². The summed E-state index contributed by atoms with van der Waals surface area (Å²) < 4.78 is 35.8. The highest BCUT2D eigenvalue weighted by Crippen LogP contribution is 2.45. The van der Waals surface area contributed by atoms with Gasteiger partial charge in [0.15, 0.2) is 0 Å². The molecule has 0 heterocycles. The van der Waals surface area contributed by atoms with E-state index in [4.69, 9.17) is 5.73 Å². The summed E-state index contributed by atoms with van der Waals surface area (Å²) in [6.07, 6.45) is -2.17. The van der Waals surface area contributed by atoms with E-state index in [-0.39, 0.29) is 5.41 Å². The second-order valence-electron chi connectivity index (χ2n) is 3.99. The summed E-state index contributed by atoms with van der Waals surface area (Å²) in [6, 6.07) is 0. The van der Waals surface area contributed by atoms with Gasteiger partial charge in [-0.1, -0.05) is 0 Å². The number of halogens is 3. The van der Waals surface area contributed by atoms with Crippen molar-refractivity contribution < 1.29 is 13.2 Å². The lowest BCUT2D eigenvalue weighted by Crippen LogP contribution is -2.37. The zero-order chi connectivity index (χ0) is 10.1. The van der Waals surface area contributed by atoms with Gasteiger partial charge >= 0.3 is 6.18 Å². The molecule has 0 saturated heterocycles. The quantitative estimate of drug-likeness (QED) is 0.732. The lowest BCUT2D eigenvalue weighted by molar-refractivity contribution is -0.144. The smallest absolute Gasteiger partial charge is 0.330 e. The molecule has 1 aliphatic carbocycles. The Hall–Kier alpha value is -0.290. The third-order valence-corrected chi connectivity index (χ3v) is 2.44. The molecule has 1 saturated carbocycles. The molecule has 1 rings (SSSR count). The summed E-state index contributed by atoms with van der Waals surface area (Å²) >= 11 is 0. The normalized spacial score (nSPS) is 20.8. The fraction of sp³-hybridized carbons (Fsp3) is 1.00. The van der Waals surface area contributed by atoms with Gasteiger partial charge in [-0.25, -0.2) is 0 Å². The van der Waals surface area contributed by atoms with Crippen molar-refractivity contribution in [2.45, 2.75) is 19.0 Å². The Labute approximate surface area is 75.9 Å². The fourth-order valence-electron chi connectivity index (χ4n) is 1.54. The Bertz CT molecular complexity index is 175. The zero-order valence-corrected chi connectivity index (χ0v) is 7.69. The third-order valence-electron chi connectivity index (χ3n) is 2.44. The first kappa shape index (κ1) is 10.8. The maximum Gasteiger partial charge on any atom is 0.401 e. The van der Waals surface area contributed by atoms with E-state index in [1.165, 1.54) is 11.9 Å². The number of nitrogens with two attached hydrogens (primary N) is 1. The van der Waals surface area contributed by atoms with Gasteiger partial charge in [-0.2, -0.15) is 13.2 Å². The van der Waals surface area contributed by atoms with Gasteiger partial charge in [0.05, 0.1) is 6.54 Å². The minimum Gasteiger partial charge on any atom is -0.330 e. The van der Waals surface area contributed by atoms with Crippen molar-refractivity contribution in [1.29, 1.82) is 0 Å². The second-order valence-corrected chi connectivity index (χ2v) is 3.99. The number of alkyl halides is 3. The van der Waals surface area contributed by atoms with Crippen LogP contribution in [0.25, 0.3) is 0 Å². The van der Waals surface area contributed by atoms with Crippen LogP contribution in [0.2, 0.25) is 0 Å². The van der Waals surface area contributed by atoms with Gasteiger partial charge in [0, 0.05) is 6.54 Å². The summed E-state index contributed by atoms with van der Waals surface area (Å²) in [5.74, 6) is 0. The molecule has 0 unspecified atom stereocenters. The van der Waals surface area contributed by atoms with E-state index >= 15 is 0 Å². The Kier molecular flexibility index (Phi) is 2.87. The van der Waals surface area contributed by atoms with Crippen molar-refractivity contribution >= 4 is 0 Å². The highest BCUT2D eigenvalue weighted by Gasteiger charge is 2.43. The first-order valence-electron chi connectivity index (χ1n) is 4.32. The van der Waals surface area contributed by atoms with E-state index in [1.54, 1.807) is 0 Å². The van der Waals surface area contributed by atoms with Crippen LogP contribution in [0.15, 0.2) is 0 Å². The molecule has 1 aliphatic rings. The van der Waals surface area contributed by atoms with Crippen molar-refractivity contribution in [3.8, 4) is 0 Å². The summed E-state index contributed by atoms with van der Waals surface area (Å²) in [5.41, 5.74) is 5.46. The molecule has 0 aromatic rings. The fourth-order valence-corrected chi connectivity index (χ4v) is 1.54. The van der Waals surface area contributed by atoms with Crippen molar-refractivity contribution in [3.63, 3.8) is 0 Å². The van der Waals surface area contributed by atoms with Gasteiger partial charge in [0.25, 0.3) is 0 Å². The minimum atomic E-state index is -4.10. The molecule has 0 radical (unpaired) electrons. The van der Waals surface area contributed by atoms with Crippen LogP contribution in [0, 0.1) is 5.41 Å². The molecular formula is C8H15F3N2. The summed E-state index contributed by atoms with van der Waals surface area (Å²) in [7, 11) is 1.49. The maximum absolute atomic E-state index is 11.9. The monoisotopic (exact) mass is 196 g/mol. The lowest BCUT2D eigenvalue weighted by Gasteiger charge is -2.23. The molecular weight excluding hydrogens is 181 g/mol. The minimum absolute atomic E-state index is 0.0139. The molecule has 0 amide bonds. The average molecular weight is 196 g/mol. The van der Waals surface area contributed by atoms with Crippen molar-refractivity contribution in [3.05, 3.63) is 0 Å². The molecule has 13 heavy (non-hydrogen) atoms. The molecule has 0 aromatic carbocycles. The van der Waals surface area contributed by atoms with Crippen LogP contribution in [-0.2, 0) is 0 Å². The van der Waals surface area contributed by atoms with Gasteiger partial charge in [-0.05, 0) is 31.8 Å². The number of hydrogen-bond acceptors (Lipinski definition) is 2. The Morgan fingerprint density at radius 1 is 1.38 bits per heavy atom. The third kappa shape index (κ3) is 3.52. The predicted octanol–water partition coefficient (Wildman–Crippen LogP) is 1.22. The summed E-state index contributed by atoms with van der Waals surface area (Å²) in [5, 5.41) is 0. The van der Waals surface area contributed by atoms with E-state index < -0.39 is 12.7 Å². The Morgan fingerprint density at radius 2 is 1.92 bits per heavy atom. The molecule has 2 nitrogen and oxygen atoms in total. The summed E-state index contributed by atoms with van der Waals surface area (Å²) in [6.45, 7) is 0.118. The number of hydrogen-bond donors (Lipinski definition) is 1. The van der Waals surface area contributed by atoms with E-state index in [1.807, 2.05) is 0 Å². The molecule has 78 valence electrons. The van der Waals surface area contributed by atoms with Gasteiger partial charge in [0.2, 0.25) is 0 Å². The van der Waals surface area contributed by atoms with Gasteiger partial charge in [-0.15, -0.1) is 0 Å². The number of rotatable bonds is 4. The molecule has 0 aromatic heterocycles. The zero-order valence-electron chi connectivity index (χ0n) is 7.69. The van der Waals surface area contributed by atoms with Crippen LogP contribution < -0.4 is 5.73 Å². The molecule has 0 atom stereocenters. The van der Waals surface area contributed by atoms with Gasteiger partial charge < -0.3 is 5.73 Å². The average Bonchev–Trinajstić information content (AvgIpc) is 2.65. The van der Waals surface area contributed by atoms with E-state index in [9.17, 15) is 13.2 Å². The van der Waals surface area contributed by atoms with Crippen LogP contribution in [0.5, 0.6) is 0 Å². The van der Waals surface area contributed by atoms with Gasteiger partial charge in [-0.3, -0.25) is 4.90 Å². The standard InChI is InChI=1S/C8H15F3N2/c1-13(6-8(9,10)11)5-7(4-12)2-3-7/h2-6,12H2,1H3. The second kappa shape index (κ2) is 3.46. The molecule has 0 spiro atoms.